The van der Waals surface area contributed by atoms with Gasteiger partial charge in [-0.2, -0.15) is 0 Å². The number of hydrogen-bond donors (Lipinski definition) is 1. The highest BCUT2D eigenvalue weighted by Crippen LogP contribution is 2.42. The molecule has 0 amide bonds. The summed E-state index contributed by atoms with van der Waals surface area (Å²) in [5, 5.41) is 3.38. The molecule has 2 unspecified atom stereocenters. The molecule has 18 heavy (non-hydrogen) atoms. The normalized spacial score (nSPS) is 30.4. The highest BCUT2D eigenvalue weighted by atomic mass is 19.1. The number of fused-ring (bicyclic) bond motifs is 1. The Morgan fingerprint density at radius 3 is 2.72 bits per heavy atom. The number of nitrogens with one attached hydrogen (secondary N) is 1. The molecular weight excluding hydrogens is 235 g/mol. The number of methoxy groups -OCH3 is 1. The third-order valence-corrected chi connectivity index (χ3v) is 4.23. The van der Waals surface area contributed by atoms with E-state index in [0.717, 1.165) is 25.9 Å². The number of halogens is 1. The zero-order valence-corrected chi connectivity index (χ0v) is 10.4. The van der Waals surface area contributed by atoms with E-state index in [4.69, 9.17) is 4.74 Å². The molecule has 0 spiro atoms. The van der Waals surface area contributed by atoms with E-state index in [-0.39, 0.29) is 11.9 Å². The molecule has 1 aromatic heterocycles. The lowest BCUT2D eigenvalue weighted by Gasteiger charge is -2.16. The molecule has 0 aromatic carbocycles. The Morgan fingerprint density at radius 2 is 2.11 bits per heavy atom. The smallest absolute Gasteiger partial charge is 0.354 e. The average molecular weight is 252 g/mol. The summed E-state index contributed by atoms with van der Waals surface area (Å²) in [6.07, 6.45) is 3.44. The van der Waals surface area contributed by atoms with E-state index < -0.39 is 5.97 Å². The van der Waals surface area contributed by atoms with Crippen LogP contribution in [0.4, 0.5) is 4.39 Å². The van der Waals surface area contributed by atoms with E-state index >= 15 is 0 Å². The number of ether oxygens (including phenoxy) is 1. The molecule has 1 aliphatic carbocycles. The number of aromatic nitrogens is 1. The van der Waals surface area contributed by atoms with Gasteiger partial charge in [-0.25, -0.2) is 9.18 Å². The SMILES string of the molecule is COC(=O)c1cc(F)cn1C1CC2CNCC2C1. The minimum atomic E-state index is -0.464. The van der Waals surface area contributed by atoms with E-state index in [9.17, 15) is 9.18 Å². The lowest BCUT2D eigenvalue weighted by molar-refractivity contribution is 0.0585. The summed E-state index contributed by atoms with van der Waals surface area (Å²) in [6.45, 7) is 2.08. The second kappa shape index (κ2) is 4.39. The lowest BCUT2D eigenvalue weighted by atomic mass is 10.0. The van der Waals surface area contributed by atoms with Crippen LogP contribution in [-0.2, 0) is 4.74 Å². The number of esters is 1. The summed E-state index contributed by atoms with van der Waals surface area (Å²) < 4.78 is 19.9. The molecule has 1 aliphatic heterocycles. The van der Waals surface area contributed by atoms with Crippen LogP contribution in [0.2, 0.25) is 0 Å². The molecule has 3 rings (SSSR count). The standard InChI is InChI=1S/C13H17FN2O2/c1-18-13(17)12-4-10(14)7-16(12)11-2-8-5-15-6-9(8)3-11/h4,7-9,11,15H,2-3,5-6H2,1H3. The Hall–Kier alpha value is -1.36. The van der Waals surface area contributed by atoms with Crippen molar-refractivity contribution in [1.82, 2.24) is 9.88 Å². The second-order valence-corrected chi connectivity index (χ2v) is 5.25. The van der Waals surface area contributed by atoms with Crippen molar-refractivity contribution >= 4 is 5.97 Å². The van der Waals surface area contributed by atoms with Crippen LogP contribution in [0.5, 0.6) is 0 Å². The van der Waals surface area contributed by atoms with E-state index in [2.05, 4.69) is 5.32 Å². The molecule has 5 heteroatoms. The summed E-state index contributed by atoms with van der Waals surface area (Å²) in [6, 6.07) is 1.48. The first-order chi connectivity index (χ1) is 8.69. The Labute approximate surface area is 105 Å². The van der Waals surface area contributed by atoms with Crippen molar-refractivity contribution < 1.29 is 13.9 Å². The Kier molecular flexibility index (Phi) is 2.86. The monoisotopic (exact) mass is 252 g/mol. The number of carbonyl (C=O) groups is 1. The Bertz CT molecular complexity index is 460. The van der Waals surface area contributed by atoms with Gasteiger partial charge in [0.05, 0.1) is 7.11 Å². The van der Waals surface area contributed by atoms with Crippen molar-refractivity contribution in [1.29, 1.82) is 0 Å². The van der Waals surface area contributed by atoms with Gasteiger partial charge in [-0.3, -0.25) is 0 Å². The van der Waals surface area contributed by atoms with E-state index in [0.29, 0.717) is 17.5 Å². The molecular formula is C13H17FN2O2. The molecule has 0 radical (unpaired) electrons. The first-order valence-electron chi connectivity index (χ1n) is 6.35. The van der Waals surface area contributed by atoms with Crippen LogP contribution in [-0.4, -0.2) is 30.7 Å². The van der Waals surface area contributed by atoms with E-state index in [1.165, 1.54) is 19.4 Å². The van der Waals surface area contributed by atoms with Gasteiger partial charge >= 0.3 is 5.97 Å². The van der Waals surface area contributed by atoms with Crippen molar-refractivity contribution in [3.8, 4) is 0 Å². The summed E-state index contributed by atoms with van der Waals surface area (Å²) in [7, 11) is 1.32. The number of rotatable bonds is 2. The Morgan fingerprint density at radius 1 is 1.44 bits per heavy atom. The minimum absolute atomic E-state index is 0.223. The van der Waals surface area contributed by atoms with Gasteiger partial charge in [0.15, 0.2) is 0 Å². The zero-order chi connectivity index (χ0) is 12.7. The van der Waals surface area contributed by atoms with Crippen LogP contribution >= 0.6 is 0 Å². The molecule has 1 aromatic rings. The molecule has 1 saturated heterocycles. The van der Waals surface area contributed by atoms with Crippen LogP contribution in [0.15, 0.2) is 12.3 Å². The predicted molar refractivity (Wildman–Crippen MR) is 63.9 cm³/mol. The maximum atomic E-state index is 13.4. The molecule has 0 bridgehead atoms. The van der Waals surface area contributed by atoms with E-state index in [1.54, 1.807) is 4.57 Å². The number of carbonyl (C=O) groups excluding carboxylic acids is 1. The fourth-order valence-corrected chi connectivity index (χ4v) is 3.38. The molecule has 98 valence electrons. The quantitative estimate of drug-likeness (QED) is 0.813. The van der Waals surface area contributed by atoms with Gasteiger partial charge < -0.3 is 14.6 Å². The first-order valence-corrected chi connectivity index (χ1v) is 6.35. The van der Waals surface area contributed by atoms with Gasteiger partial charge in [0.25, 0.3) is 0 Å². The molecule has 1 N–H and O–H groups in total. The van der Waals surface area contributed by atoms with Gasteiger partial charge in [-0.1, -0.05) is 0 Å². The minimum Gasteiger partial charge on any atom is -0.464 e. The lowest BCUT2D eigenvalue weighted by Crippen LogP contribution is -2.17. The van der Waals surface area contributed by atoms with Gasteiger partial charge in [0.1, 0.15) is 11.5 Å². The van der Waals surface area contributed by atoms with Crippen LogP contribution < -0.4 is 5.32 Å². The van der Waals surface area contributed by atoms with Gasteiger partial charge in [-0.15, -0.1) is 0 Å². The third kappa shape index (κ3) is 1.82. The summed E-state index contributed by atoms with van der Waals surface area (Å²) in [5.41, 5.74) is 0.327. The highest BCUT2D eigenvalue weighted by molar-refractivity contribution is 5.87. The van der Waals surface area contributed by atoms with Crippen LogP contribution in [0, 0.1) is 17.7 Å². The molecule has 4 nitrogen and oxygen atoms in total. The fraction of sp³-hybridized carbons (Fsp3) is 0.615. The van der Waals surface area contributed by atoms with Gasteiger partial charge in [0, 0.05) is 18.3 Å². The van der Waals surface area contributed by atoms with Crippen molar-refractivity contribution in [2.45, 2.75) is 18.9 Å². The zero-order valence-electron chi connectivity index (χ0n) is 10.4. The maximum absolute atomic E-state index is 13.4. The van der Waals surface area contributed by atoms with Crippen molar-refractivity contribution in [2.24, 2.45) is 11.8 Å². The summed E-state index contributed by atoms with van der Waals surface area (Å²) in [4.78, 5) is 11.6. The molecule has 2 aliphatic rings. The third-order valence-electron chi connectivity index (χ3n) is 4.23. The fourth-order valence-electron chi connectivity index (χ4n) is 3.38. The highest BCUT2D eigenvalue weighted by Gasteiger charge is 2.39. The van der Waals surface area contributed by atoms with Crippen LogP contribution in [0.3, 0.4) is 0 Å². The van der Waals surface area contributed by atoms with Crippen molar-refractivity contribution in [2.75, 3.05) is 20.2 Å². The van der Waals surface area contributed by atoms with Crippen LogP contribution in [0.25, 0.3) is 0 Å². The molecule has 1 saturated carbocycles. The number of nitrogens with zero attached hydrogens (tertiary/aromatic N) is 1. The second-order valence-electron chi connectivity index (χ2n) is 5.25. The number of hydrogen-bond acceptors (Lipinski definition) is 3. The van der Waals surface area contributed by atoms with Gasteiger partial charge in [-0.05, 0) is 37.8 Å². The van der Waals surface area contributed by atoms with Crippen molar-refractivity contribution in [3.63, 3.8) is 0 Å². The maximum Gasteiger partial charge on any atom is 0.354 e. The topological polar surface area (TPSA) is 43.3 Å². The molecule has 2 fully saturated rings. The summed E-state index contributed by atoms with van der Waals surface area (Å²) in [5.74, 6) is 0.483. The van der Waals surface area contributed by atoms with Gasteiger partial charge in [0.2, 0.25) is 0 Å². The Balaban J connectivity index is 1.86. The predicted octanol–water partition coefficient (Wildman–Crippen LogP) is 1.58. The average Bonchev–Trinajstić information content (AvgIpc) is 2.99. The molecule has 2 atom stereocenters. The molecule has 2 heterocycles. The first kappa shape index (κ1) is 11.7. The largest absolute Gasteiger partial charge is 0.464 e. The van der Waals surface area contributed by atoms with E-state index in [1.807, 2.05) is 0 Å². The summed E-state index contributed by atoms with van der Waals surface area (Å²) >= 11 is 0. The van der Waals surface area contributed by atoms with Crippen molar-refractivity contribution in [3.05, 3.63) is 23.8 Å². The van der Waals surface area contributed by atoms with Crippen LogP contribution in [0.1, 0.15) is 29.4 Å².